The molecule has 0 N–H and O–H groups in total. The minimum atomic E-state index is -0.318. The number of aromatic nitrogens is 1. The van der Waals surface area contributed by atoms with Crippen molar-refractivity contribution in [1.82, 2.24) is 4.98 Å². The summed E-state index contributed by atoms with van der Waals surface area (Å²) < 4.78 is 4.91. The lowest BCUT2D eigenvalue weighted by molar-refractivity contribution is 0.0526. The van der Waals surface area contributed by atoms with Crippen LogP contribution in [0.2, 0.25) is 0 Å². The van der Waals surface area contributed by atoms with Crippen LogP contribution in [0.5, 0.6) is 0 Å². The van der Waals surface area contributed by atoms with E-state index < -0.39 is 0 Å². The molecule has 0 saturated carbocycles. The van der Waals surface area contributed by atoms with Gasteiger partial charge in [-0.05, 0) is 45.4 Å². The smallest absolute Gasteiger partial charge is 0.339 e. The first-order valence-electron chi connectivity index (χ1n) is 5.33. The zero-order valence-electron chi connectivity index (χ0n) is 10.2. The number of carbonyl (C=O) groups is 1. The summed E-state index contributed by atoms with van der Waals surface area (Å²) >= 11 is 0. The highest BCUT2D eigenvalue weighted by Crippen LogP contribution is 2.12. The third kappa shape index (κ3) is 3.19. The Kier molecular flexibility index (Phi) is 4.23. The SMILES string of the molecule is CCOC(=O)c1cnc(C=C(C)C)c(C)c1. The molecule has 0 saturated heterocycles. The van der Waals surface area contributed by atoms with Crippen LogP contribution in [0.4, 0.5) is 0 Å². The number of carbonyl (C=O) groups excluding carboxylic acids is 1. The molecule has 1 heterocycles. The topological polar surface area (TPSA) is 39.2 Å². The average molecular weight is 219 g/mol. The lowest BCUT2D eigenvalue weighted by atomic mass is 10.1. The fourth-order valence-electron chi connectivity index (χ4n) is 1.34. The van der Waals surface area contributed by atoms with Crippen molar-refractivity contribution in [3.05, 3.63) is 34.7 Å². The third-order valence-electron chi connectivity index (χ3n) is 2.06. The molecule has 86 valence electrons. The maximum atomic E-state index is 11.5. The molecule has 3 heteroatoms. The van der Waals surface area contributed by atoms with Crippen LogP contribution in [0.1, 0.15) is 42.4 Å². The van der Waals surface area contributed by atoms with Crippen molar-refractivity contribution in [3.8, 4) is 0 Å². The van der Waals surface area contributed by atoms with Gasteiger partial charge in [0, 0.05) is 6.20 Å². The van der Waals surface area contributed by atoms with Crippen molar-refractivity contribution in [2.24, 2.45) is 0 Å². The highest BCUT2D eigenvalue weighted by Gasteiger charge is 2.08. The summed E-state index contributed by atoms with van der Waals surface area (Å²) in [5.41, 5.74) is 3.56. The second-order valence-corrected chi connectivity index (χ2v) is 3.87. The molecule has 0 atom stereocenters. The van der Waals surface area contributed by atoms with E-state index in [4.69, 9.17) is 4.74 Å². The quantitative estimate of drug-likeness (QED) is 0.733. The van der Waals surface area contributed by atoms with Crippen LogP contribution >= 0.6 is 0 Å². The van der Waals surface area contributed by atoms with Gasteiger partial charge in [-0.3, -0.25) is 4.98 Å². The summed E-state index contributed by atoms with van der Waals surface area (Å²) in [5.74, 6) is -0.318. The predicted molar refractivity (Wildman–Crippen MR) is 64.3 cm³/mol. The Morgan fingerprint density at radius 1 is 1.50 bits per heavy atom. The molecule has 1 rings (SSSR count). The molecular formula is C13H17NO2. The molecular weight excluding hydrogens is 202 g/mol. The van der Waals surface area contributed by atoms with E-state index in [9.17, 15) is 4.79 Å². The molecule has 0 aliphatic rings. The van der Waals surface area contributed by atoms with E-state index in [-0.39, 0.29) is 5.97 Å². The van der Waals surface area contributed by atoms with Crippen molar-refractivity contribution in [1.29, 1.82) is 0 Å². The van der Waals surface area contributed by atoms with Gasteiger partial charge in [-0.15, -0.1) is 0 Å². The summed E-state index contributed by atoms with van der Waals surface area (Å²) in [6.45, 7) is 8.13. The van der Waals surface area contributed by atoms with Crippen molar-refractivity contribution < 1.29 is 9.53 Å². The van der Waals surface area contributed by atoms with Crippen molar-refractivity contribution in [2.75, 3.05) is 6.61 Å². The molecule has 1 aromatic heterocycles. The molecule has 0 aromatic carbocycles. The fraction of sp³-hybridized carbons (Fsp3) is 0.385. The first-order chi connectivity index (χ1) is 7.54. The van der Waals surface area contributed by atoms with Crippen LogP contribution < -0.4 is 0 Å². The fourth-order valence-corrected chi connectivity index (χ4v) is 1.34. The summed E-state index contributed by atoms with van der Waals surface area (Å²) in [4.78, 5) is 15.7. The molecule has 3 nitrogen and oxygen atoms in total. The predicted octanol–water partition coefficient (Wildman–Crippen LogP) is 2.99. The van der Waals surface area contributed by atoms with E-state index in [1.807, 2.05) is 26.8 Å². The van der Waals surface area contributed by atoms with Crippen molar-refractivity contribution in [2.45, 2.75) is 27.7 Å². The molecule has 0 amide bonds. The average Bonchev–Trinajstić information content (AvgIpc) is 2.20. The second-order valence-electron chi connectivity index (χ2n) is 3.87. The number of nitrogens with zero attached hydrogens (tertiary/aromatic N) is 1. The number of esters is 1. The monoisotopic (exact) mass is 219 g/mol. The Bertz CT molecular complexity index is 418. The Labute approximate surface area is 96.2 Å². The van der Waals surface area contributed by atoms with Crippen LogP contribution in [0.3, 0.4) is 0 Å². The number of hydrogen-bond acceptors (Lipinski definition) is 3. The third-order valence-corrected chi connectivity index (χ3v) is 2.06. The largest absolute Gasteiger partial charge is 0.462 e. The van der Waals surface area contributed by atoms with Gasteiger partial charge in [-0.2, -0.15) is 0 Å². The van der Waals surface area contributed by atoms with Gasteiger partial charge in [-0.1, -0.05) is 5.57 Å². The summed E-state index contributed by atoms with van der Waals surface area (Å²) in [6, 6.07) is 1.81. The van der Waals surface area contributed by atoms with Gasteiger partial charge in [0.15, 0.2) is 0 Å². The summed E-state index contributed by atoms with van der Waals surface area (Å²) in [7, 11) is 0. The molecule has 0 aliphatic heterocycles. The highest BCUT2D eigenvalue weighted by molar-refractivity contribution is 5.89. The number of hydrogen-bond donors (Lipinski definition) is 0. The van der Waals surface area contributed by atoms with Gasteiger partial charge in [0.25, 0.3) is 0 Å². The van der Waals surface area contributed by atoms with Crippen molar-refractivity contribution in [3.63, 3.8) is 0 Å². The van der Waals surface area contributed by atoms with E-state index in [2.05, 4.69) is 4.98 Å². The molecule has 16 heavy (non-hydrogen) atoms. The number of aryl methyl sites for hydroxylation is 1. The van der Waals surface area contributed by atoms with Gasteiger partial charge in [-0.25, -0.2) is 4.79 Å². The molecule has 1 aromatic rings. The number of ether oxygens (including phenoxy) is 1. The van der Waals surface area contributed by atoms with Gasteiger partial charge in [0.2, 0.25) is 0 Å². The second kappa shape index (κ2) is 5.45. The first kappa shape index (κ1) is 12.4. The Morgan fingerprint density at radius 3 is 2.69 bits per heavy atom. The molecule has 0 unspecified atom stereocenters. The molecule has 0 spiro atoms. The Hall–Kier alpha value is -1.64. The highest BCUT2D eigenvalue weighted by atomic mass is 16.5. The van der Waals surface area contributed by atoms with E-state index in [0.717, 1.165) is 11.3 Å². The van der Waals surface area contributed by atoms with E-state index in [1.54, 1.807) is 19.2 Å². The molecule has 0 aliphatic carbocycles. The maximum absolute atomic E-state index is 11.5. The summed E-state index contributed by atoms with van der Waals surface area (Å²) in [5, 5.41) is 0. The number of rotatable bonds is 3. The van der Waals surface area contributed by atoms with Gasteiger partial charge in [0.1, 0.15) is 0 Å². The van der Waals surface area contributed by atoms with Crippen LogP contribution in [-0.2, 0) is 4.74 Å². The van der Waals surface area contributed by atoms with E-state index in [0.29, 0.717) is 12.2 Å². The lowest BCUT2D eigenvalue weighted by Crippen LogP contribution is -2.06. The van der Waals surface area contributed by atoms with E-state index >= 15 is 0 Å². The van der Waals surface area contributed by atoms with Crippen molar-refractivity contribution >= 4 is 12.0 Å². The first-order valence-corrected chi connectivity index (χ1v) is 5.33. The molecule has 0 radical (unpaired) electrons. The van der Waals surface area contributed by atoms with Crippen LogP contribution in [0.15, 0.2) is 17.8 Å². The van der Waals surface area contributed by atoms with Crippen LogP contribution in [-0.4, -0.2) is 17.6 Å². The maximum Gasteiger partial charge on any atom is 0.339 e. The summed E-state index contributed by atoms with van der Waals surface area (Å²) in [6.07, 6.45) is 3.55. The van der Waals surface area contributed by atoms with Gasteiger partial charge >= 0.3 is 5.97 Å². The number of allylic oxidation sites excluding steroid dienone is 1. The van der Waals surface area contributed by atoms with Gasteiger partial charge < -0.3 is 4.74 Å². The molecule has 0 bridgehead atoms. The zero-order valence-corrected chi connectivity index (χ0v) is 10.2. The van der Waals surface area contributed by atoms with Gasteiger partial charge in [0.05, 0.1) is 17.9 Å². The Balaban J connectivity index is 2.99. The van der Waals surface area contributed by atoms with Crippen LogP contribution in [0, 0.1) is 6.92 Å². The van der Waals surface area contributed by atoms with Crippen LogP contribution in [0.25, 0.3) is 6.08 Å². The number of pyridine rings is 1. The minimum Gasteiger partial charge on any atom is -0.462 e. The Morgan fingerprint density at radius 2 is 2.19 bits per heavy atom. The standard InChI is InChI=1S/C13H17NO2/c1-5-16-13(15)11-7-10(4)12(14-8-11)6-9(2)3/h6-8H,5H2,1-4H3. The normalized spacial score (nSPS) is 9.75. The van der Waals surface area contributed by atoms with E-state index in [1.165, 1.54) is 5.57 Å². The molecule has 0 fully saturated rings. The minimum absolute atomic E-state index is 0.318. The lowest BCUT2D eigenvalue weighted by Gasteiger charge is -2.04. The zero-order chi connectivity index (χ0) is 12.1.